The molecule has 0 radical (unpaired) electrons. The first-order valence-corrected chi connectivity index (χ1v) is 9.46. The lowest BCUT2D eigenvalue weighted by molar-refractivity contribution is -0.117. The number of carbonyl (C=O) groups excluding carboxylic acids is 1. The maximum atomic E-state index is 12.1. The van der Waals surface area contributed by atoms with Crippen molar-refractivity contribution in [1.82, 2.24) is 10.2 Å². The molecule has 1 N–H and O–H groups in total. The quantitative estimate of drug-likeness (QED) is 0.798. The van der Waals surface area contributed by atoms with Crippen molar-refractivity contribution in [2.45, 2.75) is 25.4 Å². The number of likely N-dealkylation sites (tertiary alicyclic amines) is 1. The summed E-state index contributed by atoms with van der Waals surface area (Å²) in [5, 5.41) is 12.6. The minimum Gasteiger partial charge on any atom is -0.350 e. The molecule has 0 atom stereocenters. The molecule has 138 valence electrons. The maximum Gasteiger partial charge on any atom is 0.244 e. The predicted octanol–water partition coefficient (Wildman–Crippen LogP) is 4.01. The van der Waals surface area contributed by atoms with Crippen LogP contribution in [-0.2, 0) is 11.3 Å². The molecular formula is C22H22ClN3O. The number of hydrogen-bond donors (Lipinski definition) is 1. The van der Waals surface area contributed by atoms with Gasteiger partial charge < -0.3 is 5.32 Å². The van der Waals surface area contributed by atoms with Crippen LogP contribution in [0.3, 0.4) is 0 Å². The number of hydrogen-bond acceptors (Lipinski definition) is 3. The fraction of sp³-hybridized carbons (Fsp3) is 0.273. The summed E-state index contributed by atoms with van der Waals surface area (Å²) >= 11 is 5.93. The standard InChI is InChI=1S/C22H22ClN3O/c23-20-8-5-19(6-9-20)16-26-13-11-21(12-14-26)25-22(27)10-7-17-1-3-18(15-24)4-2-17/h1-10,21H,11-14,16H2,(H,25,27)/b10-7-. The number of carbonyl (C=O) groups is 1. The van der Waals surface area contributed by atoms with Crippen LogP contribution in [0.1, 0.15) is 29.5 Å². The number of halogens is 1. The van der Waals surface area contributed by atoms with E-state index in [1.165, 1.54) is 5.56 Å². The largest absolute Gasteiger partial charge is 0.350 e. The molecule has 3 rings (SSSR count). The molecule has 0 aliphatic carbocycles. The molecule has 1 heterocycles. The van der Waals surface area contributed by atoms with Gasteiger partial charge in [0.2, 0.25) is 5.91 Å². The molecule has 5 heteroatoms. The Bertz CT molecular complexity index is 829. The molecule has 27 heavy (non-hydrogen) atoms. The number of amides is 1. The second-order valence-electron chi connectivity index (χ2n) is 6.75. The second kappa shape index (κ2) is 9.36. The van der Waals surface area contributed by atoms with E-state index in [0.717, 1.165) is 43.1 Å². The smallest absolute Gasteiger partial charge is 0.244 e. The summed E-state index contributed by atoms with van der Waals surface area (Å²) in [5.74, 6) is -0.0736. The topological polar surface area (TPSA) is 56.1 Å². The maximum absolute atomic E-state index is 12.1. The van der Waals surface area contributed by atoms with Gasteiger partial charge in [-0.15, -0.1) is 0 Å². The third-order valence-electron chi connectivity index (χ3n) is 4.72. The van der Waals surface area contributed by atoms with E-state index in [2.05, 4.69) is 28.4 Å². The molecule has 0 aromatic heterocycles. The van der Waals surface area contributed by atoms with Gasteiger partial charge in [0, 0.05) is 36.8 Å². The van der Waals surface area contributed by atoms with Crippen LogP contribution in [0.15, 0.2) is 54.6 Å². The summed E-state index contributed by atoms with van der Waals surface area (Å²) in [4.78, 5) is 14.5. The Balaban J connectivity index is 1.42. The van der Waals surface area contributed by atoms with Gasteiger partial charge in [-0.05, 0) is 54.3 Å². The average Bonchev–Trinajstić information content (AvgIpc) is 2.70. The molecular weight excluding hydrogens is 358 g/mol. The van der Waals surface area contributed by atoms with Crippen molar-refractivity contribution in [3.05, 3.63) is 76.3 Å². The van der Waals surface area contributed by atoms with Crippen LogP contribution in [0.25, 0.3) is 6.08 Å². The van der Waals surface area contributed by atoms with Crippen molar-refractivity contribution in [2.75, 3.05) is 13.1 Å². The third kappa shape index (κ3) is 5.96. The number of nitrogens with one attached hydrogen (secondary N) is 1. The van der Waals surface area contributed by atoms with Crippen LogP contribution in [0.4, 0.5) is 0 Å². The van der Waals surface area contributed by atoms with Crippen molar-refractivity contribution in [3.63, 3.8) is 0 Å². The average molecular weight is 380 g/mol. The Kier molecular flexibility index (Phi) is 6.64. The Morgan fingerprint density at radius 1 is 1.15 bits per heavy atom. The van der Waals surface area contributed by atoms with Gasteiger partial charge in [-0.2, -0.15) is 5.26 Å². The molecule has 1 amide bonds. The van der Waals surface area contributed by atoms with Crippen molar-refractivity contribution >= 4 is 23.6 Å². The zero-order valence-corrected chi connectivity index (χ0v) is 15.8. The summed E-state index contributed by atoms with van der Waals surface area (Å²) in [7, 11) is 0. The molecule has 0 saturated carbocycles. The molecule has 1 aliphatic heterocycles. The van der Waals surface area contributed by atoms with Crippen LogP contribution in [0.5, 0.6) is 0 Å². The van der Waals surface area contributed by atoms with Gasteiger partial charge in [0.05, 0.1) is 11.6 Å². The summed E-state index contributed by atoms with van der Waals surface area (Å²) in [6.07, 6.45) is 5.22. The highest BCUT2D eigenvalue weighted by molar-refractivity contribution is 6.30. The van der Waals surface area contributed by atoms with Crippen molar-refractivity contribution in [3.8, 4) is 6.07 Å². The van der Waals surface area contributed by atoms with E-state index in [1.807, 2.05) is 24.3 Å². The van der Waals surface area contributed by atoms with Crippen LogP contribution < -0.4 is 5.32 Å². The van der Waals surface area contributed by atoms with E-state index in [-0.39, 0.29) is 11.9 Å². The van der Waals surface area contributed by atoms with E-state index in [9.17, 15) is 4.79 Å². The van der Waals surface area contributed by atoms with Gasteiger partial charge >= 0.3 is 0 Å². The van der Waals surface area contributed by atoms with Gasteiger partial charge in [0.15, 0.2) is 0 Å². The van der Waals surface area contributed by atoms with E-state index >= 15 is 0 Å². The van der Waals surface area contributed by atoms with Crippen LogP contribution in [0, 0.1) is 11.3 Å². The highest BCUT2D eigenvalue weighted by atomic mass is 35.5. The van der Waals surface area contributed by atoms with Crippen LogP contribution in [0.2, 0.25) is 5.02 Å². The number of nitrogens with zero attached hydrogens (tertiary/aromatic N) is 2. The number of benzene rings is 2. The Hall–Kier alpha value is -2.61. The summed E-state index contributed by atoms with van der Waals surface area (Å²) in [6, 6.07) is 17.4. The number of nitriles is 1. The fourth-order valence-corrected chi connectivity index (χ4v) is 3.30. The fourth-order valence-electron chi connectivity index (χ4n) is 3.17. The zero-order chi connectivity index (χ0) is 19.1. The van der Waals surface area contributed by atoms with Crippen molar-refractivity contribution < 1.29 is 4.79 Å². The Morgan fingerprint density at radius 2 is 1.81 bits per heavy atom. The van der Waals surface area contributed by atoms with Crippen LogP contribution in [-0.4, -0.2) is 29.9 Å². The highest BCUT2D eigenvalue weighted by Gasteiger charge is 2.20. The zero-order valence-electron chi connectivity index (χ0n) is 15.1. The van der Waals surface area contributed by atoms with Gasteiger partial charge in [-0.1, -0.05) is 35.9 Å². The van der Waals surface area contributed by atoms with Crippen molar-refractivity contribution in [1.29, 1.82) is 5.26 Å². The molecule has 0 bridgehead atoms. The monoisotopic (exact) mass is 379 g/mol. The Labute approximate surface area is 165 Å². The van der Waals surface area contributed by atoms with E-state index in [1.54, 1.807) is 24.3 Å². The normalized spacial score (nSPS) is 15.6. The number of piperidine rings is 1. The lowest BCUT2D eigenvalue weighted by Crippen LogP contribution is -2.43. The molecule has 1 aliphatic rings. The minimum atomic E-state index is -0.0736. The first-order chi connectivity index (χ1) is 13.1. The van der Waals surface area contributed by atoms with Gasteiger partial charge in [-0.3, -0.25) is 9.69 Å². The van der Waals surface area contributed by atoms with E-state index in [4.69, 9.17) is 16.9 Å². The molecule has 1 saturated heterocycles. The van der Waals surface area contributed by atoms with Gasteiger partial charge in [-0.25, -0.2) is 0 Å². The SMILES string of the molecule is N#Cc1ccc(/C=C\C(=O)NC2CCN(Cc3ccc(Cl)cc3)CC2)cc1. The molecule has 2 aromatic rings. The molecule has 0 spiro atoms. The number of rotatable bonds is 5. The predicted molar refractivity (Wildman–Crippen MR) is 108 cm³/mol. The van der Waals surface area contributed by atoms with Crippen molar-refractivity contribution in [2.24, 2.45) is 0 Å². The van der Waals surface area contributed by atoms with Gasteiger partial charge in [0.1, 0.15) is 0 Å². The molecule has 2 aromatic carbocycles. The lowest BCUT2D eigenvalue weighted by Gasteiger charge is -2.32. The lowest BCUT2D eigenvalue weighted by atomic mass is 10.0. The Morgan fingerprint density at radius 3 is 2.44 bits per heavy atom. The van der Waals surface area contributed by atoms with E-state index in [0.29, 0.717) is 5.56 Å². The van der Waals surface area contributed by atoms with Crippen LogP contribution >= 0.6 is 11.6 Å². The summed E-state index contributed by atoms with van der Waals surface area (Å²) in [6.45, 7) is 2.84. The summed E-state index contributed by atoms with van der Waals surface area (Å²) in [5.41, 5.74) is 2.77. The molecule has 0 unspecified atom stereocenters. The molecule has 1 fully saturated rings. The second-order valence-corrected chi connectivity index (χ2v) is 7.19. The minimum absolute atomic E-state index is 0.0736. The third-order valence-corrected chi connectivity index (χ3v) is 4.97. The highest BCUT2D eigenvalue weighted by Crippen LogP contribution is 2.16. The van der Waals surface area contributed by atoms with E-state index < -0.39 is 0 Å². The first-order valence-electron chi connectivity index (χ1n) is 9.08. The summed E-state index contributed by atoms with van der Waals surface area (Å²) < 4.78 is 0. The first kappa shape index (κ1) is 19.2. The van der Waals surface area contributed by atoms with Gasteiger partial charge in [0.25, 0.3) is 0 Å². The molecule has 4 nitrogen and oxygen atoms in total.